The van der Waals surface area contributed by atoms with Crippen molar-refractivity contribution < 1.29 is 14.3 Å². The zero-order valence-corrected chi connectivity index (χ0v) is 17.5. The summed E-state index contributed by atoms with van der Waals surface area (Å²) < 4.78 is 14.2. The van der Waals surface area contributed by atoms with E-state index in [9.17, 15) is 4.79 Å². The molecule has 0 saturated carbocycles. The van der Waals surface area contributed by atoms with E-state index in [-0.39, 0.29) is 18.1 Å². The maximum Gasteiger partial charge on any atom is 0.338 e. The molecule has 3 rings (SSSR count). The van der Waals surface area contributed by atoms with E-state index in [0.29, 0.717) is 5.56 Å². The Morgan fingerprint density at radius 3 is 2.62 bits per heavy atom. The Balaban J connectivity index is 2.14. The molecule has 2 aromatic heterocycles. The summed E-state index contributed by atoms with van der Waals surface area (Å²) in [6, 6.07) is 4.20. The highest BCUT2D eigenvalue weighted by atomic mass is 79.9. The van der Waals surface area contributed by atoms with Gasteiger partial charge in [0.25, 0.3) is 0 Å². The van der Waals surface area contributed by atoms with Gasteiger partial charge in [0, 0.05) is 35.0 Å². The first kappa shape index (κ1) is 19.4. The molecule has 0 bridgehead atoms. The number of hydrogen-bond donors (Lipinski definition) is 0. The molecule has 0 radical (unpaired) electrons. The molecular formula is C20H27BrN2O3. The Bertz CT molecular complexity index is 794. The Labute approximate surface area is 163 Å². The average Bonchev–Trinajstić information content (AvgIpc) is 2.97. The van der Waals surface area contributed by atoms with Crippen molar-refractivity contribution in [1.29, 1.82) is 0 Å². The van der Waals surface area contributed by atoms with Gasteiger partial charge in [-0.2, -0.15) is 0 Å². The lowest BCUT2D eigenvalue weighted by molar-refractivity contribution is 0.0139. The number of halogens is 1. The van der Waals surface area contributed by atoms with Crippen molar-refractivity contribution in [2.24, 2.45) is 0 Å². The fourth-order valence-corrected chi connectivity index (χ4v) is 4.19. The number of carbonyl (C=O) groups excluding carboxylic acids is 1. The normalized spacial score (nSPS) is 17.0. The van der Waals surface area contributed by atoms with Gasteiger partial charge in [-0.15, -0.1) is 0 Å². The summed E-state index contributed by atoms with van der Waals surface area (Å²) in [5.74, 6) is -0.254. The van der Waals surface area contributed by atoms with Crippen molar-refractivity contribution in [3.8, 4) is 0 Å². The second-order valence-electron chi connectivity index (χ2n) is 7.05. The van der Waals surface area contributed by atoms with Crippen molar-refractivity contribution in [1.82, 2.24) is 9.30 Å². The topological polar surface area (TPSA) is 43.2 Å². The number of aromatic nitrogens is 1. The first-order valence-corrected chi connectivity index (χ1v) is 10.1. The molecule has 1 aliphatic heterocycles. The predicted octanol–water partition coefficient (Wildman–Crippen LogP) is 4.36. The average molecular weight is 423 g/mol. The minimum Gasteiger partial charge on any atom is -0.459 e. The molecule has 0 N–H and O–H groups in total. The lowest BCUT2D eigenvalue weighted by Gasteiger charge is -2.35. The molecule has 5 nitrogen and oxygen atoms in total. The molecule has 0 aromatic carbocycles. The highest BCUT2D eigenvalue weighted by molar-refractivity contribution is 9.10. The molecule has 0 aliphatic carbocycles. The number of morpholine rings is 1. The lowest BCUT2D eigenvalue weighted by Crippen LogP contribution is -2.40. The van der Waals surface area contributed by atoms with E-state index >= 15 is 0 Å². The summed E-state index contributed by atoms with van der Waals surface area (Å²) in [5.41, 5.74) is 3.80. The Morgan fingerprint density at radius 2 is 2.00 bits per heavy atom. The molecule has 3 heterocycles. The molecule has 1 unspecified atom stereocenters. The minimum atomic E-state index is -0.254. The van der Waals surface area contributed by atoms with Gasteiger partial charge in [0.2, 0.25) is 0 Å². The quantitative estimate of drug-likeness (QED) is 0.671. The Morgan fingerprint density at radius 1 is 1.31 bits per heavy atom. The van der Waals surface area contributed by atoms with Crippen LogP contribution in [-0.4, -0.2) is 47.7 Å². The van der Waals surface area contributed by atoms with E-state index in [1.807, 2.05) is 32.9 Å². The zero-order chi connectivity index (χ0) is 18.8. The molecular weight excluding hydrogens is 396 g/mol. The van der Waals surface area contributed by atoms with E-state index < -0.39 is 0 Å². The van der Waals surface area contributed by atoms with Crippen LogP contribution in [0.5, 0.6) is 0 Å². The summed E-state index contributed by atoms with van der Waals surface area (Å²) in [5, 5.41) is 0. The fourth-order valence-electron chi connectivity index (χ4n) is 3.75. The number of ether oxygens (including phenoxy) is 2. The highest BCUT2D eigenvalue weighted by Gasteiger charge is 2.27. The number of fused-ring (bicyclic) bond motifs is 1. The van der Waals surface area contributed by atoms with Crippen molar-refractivity contribution in [2.45, 2.75) is 46.3 Å². The SMILES string of the molecule is CCC(c1c(C)c(C(=O)OC(C)C)cc2cc(Br)cn12)N1CCOCC1. The van der Waals surface area contributed by atoms with Crippen molar-refractivity contribution in [2.75, 3.05) is 26.3 Å². The summed E-state index contributed by atoms with van der Waals surface area (Å²) in [7, 11) is 0. The van der Waals surface area contributed by atoms with Gasteiger partial charge in [-0.05, 0) is 60.8 Å². The highest BCUT2D eigenvalue weighted by Crippen LogP contribution is 2.33. The molecule has 1 fully saturated rings. The number of nitrogens with zero attached hydrogens (tertiary/aromatic N) is 2. The predicted molar refractivity (Wildman–Crippen MR) is 106 cm³/mol. The largest absolute Gasteiger partial charge is 0.459 e. The number of carbonyl (C=O) groups is 1. The molecule has 2 aromatic rings. The van der Waals surface area contributed by atoms with Gasteiger partial charge >= 0.3 is 5.97 Å². The first-order valence-electron chi connectivity index (χ1n) is 9.26. The zero-order valence-electron chi connectivity index (χ0n) is 15.9. The molecule has 6 heteroatoms. The second-order valence-corrected chi connectivity index (χ2v) is 7.96. The fraction of sp³-hybridized carbons (Fsp3) is 0.550. The molecule has 142 valence electrons. The van der Waals surface area contributed by atoms with Crippen molar-refractivity contribution in [3.05, 3.63) is 39.6 Å². The van der Waals surface area contributed by atoms with E-state index in [1.54, 1.807) is 0 Å². The third kappa shape index (κ3) is 3.82. The van der Waals surface area contributed by atoms with Gasteiger partial charge in [0.05, 0.1) is 30.9 Å². The smallest absolute Gasteiger partial charge is 0.338 e. The molecule has 1 aliphatic rings. The van der Waals surface area contributed by atoms with Crippen LogP contribution in [0.25, 0.3) is 5.52 Å². The van der Waals surface area contributed by atoms with E-state index in [0.717, 1.165) is 54.0 Å². The molecule has 1 atom stereocenters. The van der Waals surface area contributed by atoms with E-state index in [4.69, 9.17) is 9.47 Å². The van der Waals surface area contributed by atoms with Gasteiger partial charge in [0.15, 0.2) is 0 Å². The lowest BCUT2D eigenvalue weighted by atomic mass is 9.98. The Kier molecular flexibility index (Phi) is 6.05. The summed E-state index contributed by atoms with van der Waals surface area (Å²) in [4.78, 5) is 15.1. The van der Waals surface area contributed by atoms with Crippen LogP contribution in [0.3, 0.4) is 0 Å². The van der Waals surface area contributed by atoms with Crippen molar-refractivity contribution >= 4 is 27.4 Å². The van der Waals surface area contributed by atoms with Gasteiger partial charge in [-0.3, -0.25) is 4.90 Å². The van der Waals surface area contributed by atoms with E-state index in [1.165, 1.54) is 0 Å². The van der Waals surface area contributed by atoms with Crippen LogP contribution < -0.4 is 0 Å². The third-order valence-electron chi connectivity index (χ3n) is 4.91. The number of esters is 1. The molecule has 26 heavy (non-hydrogen) atoms. The molecule has 1 saturated heterocycles. The van der Waals surface area contributed by atoms with E-state index in [2.05, 4.69) is 38.4 Å². The standard InChI is InChI=1S/C20H27BrN2O3/c1-5-18(22-6-8-25-9-7-22)19-14(4)17(20(24)26-13(2)3)11-16-10-15(21)12-23(16)19/h10-13,18H,5-9H2,1-4H3. The van der Waals surface area contributed by atoms with Crippen LogP contribution in [0, 0.1) is 6.92 Å². The summed E-state index contributed by atoms with van der Waals surface area (Å²) in [6.07, 6.45) is 2.91. The maximum atomic E-state index is 12.7. The maximum absolute atomic E-state index is 12.7. The van der Waals surface area contributed by atoms with Crippen LogP contribution in [0.2, 0.25) is 0 Å². The molecule has 0 spiro atoms. The molecule has 0 amide bonds. The van der Waals surface area contributed by atoms with Gasteiger partial charge in [-0.25, -0.2) is 4.79 Å². The number of hydrogen-bond acceptors (Lipinski definition) is 4. The first-order chi connectivity index (χ1) is 12.4. The van der Waals surface area contributed by atoms with Gasteiger partial charge in [-0.1, -0.05) is 6.92 Å². The van der Waals surface area contributed by atoms with Gasteiger partial charge < -0.3 is 13.9 Å². The van der Waals surface area contributed by atoms with Crippen LogP contribution in [-0.2, 0) is 9.47 Å². The van der Waals surface area contributed by atoms with Crippen LogP contribution in [0.4, 0.5) is 0 Å². The van der Waals surface area contributed by atoms with Crippen LogP contribution in [0.15, 0.2) is 22.8 Å². The third-order valence-corrected chi connectivity index (χ3v) is 5.34. The summed E-state index contributed by atoms with van der Waals surface area (Å²) in [6.45, 7) is 11.3. The monoisotopic (exact) mass is 422 g/mol. The van der Waals surface area contributed by atoms with Crippen molar-refractivity contribution in [3.63, 3.8) is 0 Å². The van der Waals surface area contributed by atoms with Crippen LogP contribution >= 0.6 is 15.9 Å². The number of rotatable bonds is 5. The second kappa shape index (κ2) is 8.11. The van der Waals surface area contributed by atoms with Crippen LogP contribution in [0.1, 0.15) is 54.8 Å². The number of pyridine rings is 1. The Hall–Kier alpha value is -1.37. The van der Waals surface area contributed by atoms with Gasteiger partial charge in [0.1, 0.15) is 0 Å². The minimum absolute atomic E-state index is 0.138. The summed E-state index contributed by atoms with van der Waals surface area (Å²) >= 11 is 3.58.